The molecular weight excluding hydrogens is 255 g/mol. The molecule has 0 N–H and O–H groups in total. The molecule has 100 valence electrons. The Labute approximate surface area is 107 Å². The van der Waals surface area contributed by atoms with Crippen LogP contribution in [0.3, 0.4) is 0 Å². The highest BCUT2D eigenvalue weighted by molar-refractivity contribution is 7.92. The number of ketones is 1. The van der Waals surface area contributed by atoms with E-state index in [0.717, 1.165) is 12.1 Å². The average molecular weight is 272 g/mol. The molecule has 0 fully saturated rings. The van der Waals surface area contributed by atoms with Gasteiger partial charge in [-0.25, -0.2) is 12.8 Å². The van der Waals surface area contributed by atoms with E-state index in [1.807, 2.05) is 0 Å². The quantitative estimate of drug-likeness (QED) is 0.774. The zero-order valence-corrected chi connectivity index (χ0v) is 11.5. The lowest BCUT2D eigenvalue weighted by molar-refractivity contribution is 0.102. The summed E-state index contributed by atoms with van der Waals surface area (Å²) >= 11 is 0. The summed E-state index contributed by atoms with van der Waals surface area (Å²) in [4.78, 5) is 11.8. The Morgan fingerprint density at radius 1 is 1.17 bits per heavy atom. The highest BCUT2D eigenvalue weighted by Crippen LogP contribution is 2.14. The van der Waals surface area contributed by atoms with Crippen LogP contribution in [0.1, 0.15) is 31.1 Å². The first-order valence-corrected chi connectivity index (χ1v) is 7.46. The molecular formula is C13H17FO3S. The van der Waals surface area contributed by atoms with E-state index in [-0.39, 0.29) is 11.5 Å². The van der Waals surface area contributed by atoms with Crippen LogP contribution in [0.4, 0.5) is 4.39 Å². The maximum atomic E-state index is 12.7. The van der Waals surface area contributed by atoms with Gasteiger partial charge in [-0.1, -0.05) is 13.8 Å². The summed E-state index contributed by atoms with van der Waals surface area (Å²) in [6, 6.07) is 4.89. The van der Waals surface area contributed by atoms with E-state index in [9.17, 15) is 17.6 Å². The van der Waals surface area contributed by atoms with Crippen LogP contribution < -0.4 is 0 Å². The number of benzene rings is 1. The van der Waals surface area contributed by atoms with Crippen LogP contribution in [0.5, 0.6) is 0 Å². The van der Waals surface area contributed by atoms with E-state index in [1.165, 1.54) is 12.1 Å². The molecule has 0 aromatic heterocycles. The van der Waals surface area contributed by atoms with Crippen molar-refractivity contribution in [3.8, 4) is 0 Å². The second-order valence-electron chi connectivity index (χ2n) is 4.69. The van der Waals surface area contributed by atoms with Crippen LogP contribution >= 0.6 is 0 Å². The van der Waals surface area contributed by atoms with Crippen molar-refractivity contribution in [1.29, 1.82) is 0 Å². The molecule has 1 rings (SSSR count). The van der Waals surface area contributed by atoms with E-state index in [4.69, 9.17) is 0 Å². The minimum Gasteiger partial charge on any atom is -0.293 e. The first kappa shape index (κ1) is 14.8. The van der Waals surface area contributed by atoms with Crippen LogP contribution in [0.25, 0.3) is 0 Å². The van der Waals surface area contributed by atoms with Crippen molar-refractivity contribution in [1.82, 2.24) is 0 Å². The molecule has 5 heteroatoms. The molecule has 0 heterocycles. The Balaban J connectivity index is 2.85. The lowest BCUT2D eigenvalue weighted by atomic mass is 10.1. The molecule has 18 heavy (non-hydrogen) atoms. The Kier molecular flexibility index (Phi) is 4.62. The second-order valence-corrected chi connectivity index (χ2v) is 7.04. The Morgan fingerprint density at radius 2 is 1.67 bits per heavy atom. The van der Waals surface area contributed by atoms with E-state index in [1.54, 1.807) is 20.8 Å². The summed E-state index contributed by atoms with van der Waals surface area (Å²) in [5.74, 6) is -1.53. The molecule has 1 unspecified atom stereocenters. The molecule has 0 saturated carbocycles. The van der Waals surface area contributed by atoms with Crippen LogP contribution in [0, 0.1) is 11.7 Å². The summed E-state index contributed by atoms with van der Waals surface area (Å²) in [6.45, 7) is 5.19. The smallest absolute Gasteiger partial charge is 0.177 e. The fourth-order valence-electron chi connectivity index (χ4n) is 1.45. The first-order valence-electron chi connectivity index (χ1n) is 5.74. The predicted octanol–water partition coefficient (Wildman–Crippen LogP) is 2.47. The molecule has 0 bridgehead atoms. The van der Waals surface area contributed by atoms with Gasteiger partial charge in [-0.2, -0.15) is 0 Å². The van der Waals surface area contributed by atoms with Gasteiger partial charge >= 0.3 is 0 Å². The van der Waals surface area contributed by atoms with Gasteiger partial charge in [0.1, 0.15) is 11.6 Å². The van der Waals surface area contributed by atoms with Crippen LogP contribution in [-0.2, 0) is 9.84 Å². The number of carbonyl (C=O) groups excluding carboxylic acids is 1. The van der Waals surface area contributed by atoms with Crippen molar-refractivity contribution in [2.75, 3.05) is 5.75 Å². The second kappa shape index (κ2) is 5.61. The van der Waals surface area contributed by atoms with Crippen molar-refractivity contribution in [3.05, 3.63) is 35.6 Å². The first-order chi connectivity index (χ1) is 8.24. The van der Waals surface area contributed by atoms with Crippen molar-refractivity contribution >= 4 is 15.6 Å². The third-order valence-corrected chi connectivity index (χ3v) is 5.35. The monoisotopic (exact) mass is 272 g/mol. The minimum atomic E-state index is -3.46. The van der Waals surface area contributed by atoms with Crippen molar-refractivity contribution in [2.45, 2.75) is 26.0 Å². The standard InChI is InChI=1S/C13H17FO3S/c1-9(2)10(3)18(16,17)8-13(15)11-4-6-12(14)7-5-11/h4-7,9-10H,8H2,1-3H3. The van der Waals surface area contributed by atoms with Gasteiger partial charge < -0.3 is 0 Å². The zero-order valence-electron chi connectivity index (χ0n) is 10.7. The molecule has 0 aliphatic rings. The number of carbonyl (C=O) groups is 1. The fourth-order valence-corrected chi connectivity index (χ4v) is 3.07. The topological polar surface area (TPSA) is 51.2 Å². The molecule has 1 aromatic carbocycles. The highest BCUT2D eigenvalue weighted by Gasteiger charge is 2.27. The summed E-state index contributed by atoms with van der Waals surface area (Å²) in [7, 11) is -3.46. The van der Waals surface area contributed by atoms with E-state index in [2.05, 4.69) is 0 Å². The van der Waals surface area contributed by atoms with Gasteiger partial charge in [0.25, 0.3) is 0 Å². The van der Waals surface area contributed by atoms with Crippen LogP contribution in [0.15, 0.2) is 24.3 Å². The van der Waals surface area contributed by atoms with Crippen LogP contribution in [-0.4, -0.2) is 25.2 Å². The number of hydrogen-bond donors (Lipinski definition) is 0. The molecule has 0 radical (unpaired) electrons. The Bertz CT molecular complexity index is 518. The van der Waals surface area contributed by atoms with Crippen molar-refractivity contribution in [3.63, 3.8) is 0 Å². The summed E-state index contributed by atoms with van der Waals surface area (Å²) in [5.41, 5.74) is 0.218. The third kappa shape index (κ3) is 3.63. The molecule has 0 aliphatic carbocycles. The number of rotatable bonds is 5. The molecule has 1 aromatic rings. The maximum absolute atomic E-state index is 12.7. The number of halogens is 1. The number of hydrogen-bond acceptors (Lipinski definition) is 3. The SMILES string of the molecule is CC(C)C(C)S(=O)(=O)CC(=O)c1ccc(F)cc1. The fraction of sp³-hybridized carbons (Fsp3) is 0.462. The van der Waals surface area contributed by atoms with Gasteiger partial charge in [-0.15, -0.1) is 0 Å². The summed E-state index contributed by atoms with van der Waals surface area (Å²) in [6.07, 6.45) is 0. The van der Waals surface area contributed by atoms with Gasteiger partial charge in [0, 0.05) is 5.56 Å². The Hall–Kier alpha value is -1.23. The largest absolute Gasteiger partial charge is 0.293 e. The lowest BCUT2D eigenvalue weighted by Gasteiger charge is -2.15. The number of Topliss-reactive ketones (excluding diaryl/α,β-unsaturated/α-hetero) is 1. The predicted molar refractivity (Wildman–Crippen MR) is 68.8 cm³/mol. The zero-order chi connectivity index (χ0) is 13.9. The Morgan fingerprint density at radius 3 is 2.11 bits per heavy atom. The van der Waals surface area contributed by atoms with Gasteiger partial charge in [0.05, 0.1) is 5.25 Å². The third-order valence-electron chi connectivity index (χ3n) is 3.00. The summed E-state index contributed by atoms with van der Waals surface area (Å²) in [5, 5.41) is -0.568. The van der Waals surface area contributed by atoms with Crippen molar-refractivity contribution in [2.24, 2.45) is 5.92 Å². The molecule has 1 atom stereocenters. The van der Waals surface area contributed by atoms with Gasteiger partial charge in [0.2, 0.25) is 0 Å². The molecule has 0 saturated heterocycles. The van der Waals surface area contributed by atoms with Crippen molar-refractivity contribution < 1.29 is 17.6 Å². The molecule has 0 spiro atoms. The average Bonchev–Trinajstić information content (AvgIpc) is 2.28. The molecule has 0 aliphatic heterocycles. The summed E-state index contributed by atoms with van der Waals surface area (Å²) < 4.78 is 36.5. The number of sulfone groups is 1. The minimum absolute atomic E-state index is 0.0454. The van der Waals surface area contributed by atoms with E-state index < -0.39 is 32.4 Å². The highest BCUT2D eigenvalue weighted by atomic mass is 32.2. The van der Waals surface area contributed by atoms with Gasteiger partial charge in [0.15, 0.2) is 15.6 Å². The van der Waals surface area contributed by atoms with E-state index >= 15 is 0 Å². The normalized spacial score (nSPS) is 13.6. The molecule has 0 amide bonds. The van der Waals surface area contributed by atoms with Gasteiger partial charge in [-0.05, 0) is 37.1 Å². The van der Waals surface area contributed by atoms with Gasteiger partial charge in [-0.3, -0.25) is 4.79 Å². The lowest BCUT2D eigenvalue weighted by Crippen LogP contribution is -2.29. The van der Waals surface area contributed by atoms with Crippen LogP contribution in [0.2, 0.25) is 0 Å². The molecule has 3 nitrogen and oxygen atoms in total. The maximum Gasteiger partial charge on any atom is 0.177 e. The van der Waals surface area contributed by atoms with E-state index in [0.29, 0.717) is 0 Å².